The number of aromatic nitrogens is 10. The van der Waals surface area contributed by atoms with E-state index >= 15 is 0 Å². The van der Waals surface area contributed by atoms with Crippen LogP contribution in [0.25, 0.3) is 33.1 Å². The van der Waals surface area contributed by atoms with Crippen molar-refractivity contribution in [2.75, 3.05) is 63.2 Å². The van der Waals surface area contributed by atoms with Gasteiger partial charge in [0.2, 0.25) is 11.9 Å². The highest BCUT2D eigenvalue weighted by Crippen LogP contribution is 2.35. The zero-order chi connectivity index (χ0) is 54.0. The number of hydrogen-bond acceptors (Lipinski definition) is 17. The van der Waals surface area contributed by atoms with Crippen LogP contribution in [0.5, 0.6) is 0 Å². The van der Waals surface area contributed by atoms with Gasteiger partial charge in [-0.3, -0.25) is 29.5 Å². The molecule has 9 aromatic rings. The topological polar surface area (TPSA) is 246 Å². The van der Waals surface area contributed by atoms with Crippen molar-refractivity contribution >= 4 is 93.7 Å². The highest BCUT2D eigenvalue weighted by molar-refractivity contribution is 6.58. The molecule has 0 saturated carbocycles. The summed E-state index contributed by atoms with van der Waals surface area (Å²) in [5.41, 5.74) is 5.54. The van der Waals surface area contributed by atoms with Gasteiger partial charge in [0, 0.05) is 137 Å². The van der Waals surface area contributed by atoms with Gasteiger partial charge < -0.3 is 35.8 Å². The molecule has 0 spiro atoms. The van der Waals surface area contributed by atoms with Crippen molar-refractivity contribution < 1.29 is 28.4 Å². The third-order valence-corrected chi connectivity index (χ3v) is 13.4. The van der Waals surface area contributed by atoms with Crippen LogP contribution < -0.4 is 31.2 Å². The molecular weight excluding hydrogens is 1070 g/mol. The first-order chi connectivity index (χ1) is 37.4. The molecule has 2 amide bonds. The first-order valence-corrected chi connectivity index (χ1v) is 24.9. The smallest absolute Gasteiger partial charge is 0.423 e. The van der Waals surface area contributed by atoms with Crippen LogP contribution in [0.3, 0.4) is 0 Å². The Kier molecular flexibility index (Phi) is 18.7. The summed E-state index contributed by atoms with van der Waals surface area (Å²) in [4.78, 5) is 70.6. The maximum absolute atomic E-state index is 14.5. The highest BCUT2D eigenvalue weighted by atomic mass is 35.5. The number of anilines is 2. The molecule has 25 heteroatoms. The normalized spacial score (nSPS) is 13.8. The van der Waals surface area contributed by atoms with E-state index in [0.29, 0.717) is 52.4 Å². The molecule has 0 aliphatic carbocycles. The van der Waals surface area contributed by atoms with E-state index in [0.717, 1.165) is 77.1 Å². The van der Waals surface area contributed by atoms with Crippen molar-refractivity contribution in [2.45, 2.75) is 17.8 Å². The average molecular weight is 1120 g/mol. The Morgan fingerprint density at radius 3 is 1.50 bits per heavy atom. The van der Waals surface area contributed by atoms with Crippen LogP contribution in [0.1, 0.15) is 55.6 Å². The molecule has 78 heavy (non-hydrogen) atoms. The molecule has 0 unspecified atom stereocenters. The van der Waals surface area contributed by atoms with Crippen molar-refractivity contribution in [3.05, 3.63) is 185 Å². The number of rotatable bonds is 9. The molecule has 3 aliphatic rings. The quantitative estimate of drug-likeness (QED) is 0.105. The number of amides is 2. The van der Waals surface area contributed by atoms with E-state index in [-0.39, 0.29) is 34.9 Å². The summed E-state index contributed by atoms with van der Waals surface area (Å²) in [5, 5.41) is 28.4. The molecule has 0 atom stereocenters. The molecule has 8 heterocycles. The van der Waals surface area contributed by atoms with E-state index < -0.39 is 30.6 Å². The van der Waals surface area contributed by atoms with Gasteiger partial charge in [0.1, 0.15) is 11.6 Å². The lowest BCUT2D eigenvalue weighted by Gasteiger charge is -2.39. The van der Waals surface area contributed by atoms with Crippen LogP contribution >= 0.6 is 35.6 Å². The number of carbonyl (C=O) groups excluding carboxylic acids is 2. The predicted octanol–water partition coefficient (Wildman–Crippen LogP) is 5.97. The second-order valence-electron chi connectivity index (χ2n) is 17.7. The van der Waals surface area contributed by atoms with E-state index in [9.17, 15) is 18.4 Å². The minimum Gasteiger partial charge on any atom is -0.423 e. The Hall–Kier alpha value is -7.99. The number of hydrogen-bond donors (Lipinski definition) is 5. The van der Waals surface area contributed by atoms with Crippen molar-refractivity contribution in [3.8, 4) is 11.3 Å². The first kappa shape index (κ1) is 56.2. The molecule has 5 N–H and O–H groups in total. The van der Waals surface area contributed by atoms with E-state index in [2.05, 4.69) is 75.6 Å². The zero-order valence-electron chi connectivity index (χ0n) is 41.8. The van der Waals surface area contributed by atoms with Crippen molar-refractivity contribution in [1.82, 2.24) is 65.8 Å². The first-order valence-electron chi connectivity index (χ1n) is 24.2. The van der Waals surface area contributed by atoms with Crippen molar-refractivity contribution in [3.63, 3.8) is 0 Å². The number of nitrogens with one attached hydrogen (secondary N) is 3. The minimum absolute atomic E-state index is 0. The van der Waals surface area contributed by atoms with Gasteiger partial charge in [-0.2, -0.15) is 0 Å². The van der Waals surface area contributed by atoms with Gasteiger partial charge in [0.25, 0.3) is 11.8 Å². The third-order valence-electron chi connectivity index (χ3n) is 12.8. The lowest BCUT2D eigenvalue weighted by molar-refractivity contribution is 0.0950. The van der Waals surface area contributed by atoms with Gasteiger partial charge >= 0.3 is 7.12 Å². The fourth-order valence-electron chi connectivity index (χ4n) is 8.41. The Bertz CT molecular complexity index is 3570. The Morgan fingerprint density at radius 2 is 1.04 bits per heavy atom. The van der Waals surface area contributed by atoms with Gasteiger partial charge in [-0.1, -0.05) is 71.7 Å². The molecule has 398 valence electrons. The molecular formula is C53H49BCl3F2N15O4. The van der Waals surface area contributed by atoms with Crippen LogP contribution in [-0.4, -0.2) is 132 Å². The SMILES string of the molecule is CNC(=O)c1ccc(-c2nccnc2C2CN(c3ncc4ccccc4n3)C2)cc1F.CNC(=O)c1ccc(B(O)O)cc1F.Cl.Clc1nccnc1C1CN(c2ncc3ccccc3n2)C1.Clc1nccnc1C1CNC1. The van der Waals surface area contributed by atoms with Gasteiger partial charge in [-0.05, 0) is 41.9 Å². The number of nitrogens with zero attached hydrogens (tertiary/aromatic N) is 12. The van der Waals surface area contributed by atoms with Gasteiger partial charge in [-0.15, -0.1) is 12.4 Å². The monoisotopic (exact) mass is 1110 g/mol. The number of carbonyl (C=O) groups is 2. The summed E-state index contributed by atoms with van der Waals surface area (Å²) < 4.78 is 27.6. The van der Waals surface area contributed by atoms with E-state index in [1.807, 2.05) is 60.9 Å². The fraction of sp³-hybridized carbons (Fsp3) is 0.208. The summed E-state index contributed by atoms with van der Waals surface area (Å²) in [6.45, 7) is 4.97. The number of fused-ring (bicyclic) bond motifs is 2. The van der Waals surface area contributed by atoms with Crippen LogP contribution in [0.2, 0.25) is 10.3 Å². The maximum atomic E-state index is 14.5. The Balaban J connectivity index is 0.000000148. The number of para-hydroxylation sites is 2. The van der Waals surface area contributed by atoms with Crippen molar-refractivity contribution in [1.29, 1.82) is 0 Å². The lowest BCUT2D eigenvalue weighted by atomic mass is 9.80. The molecule has 3 fully saturated rings. The van der Waals surface area contributed by atoms with Gasteiger partial charge in [0.15, 0.2) is 10.3 Å². The highest BCUT2D eigenvalue weighted by Gasteiger charge is 2.34. The van der Waals surface area contributed by atoms with E-state index in [4.69, 9.17) is 33.2 Å². The number of halogens is 5. The Morgan fingerprint density at radius 1 is 0.590 bits per heavy atom. The summed E-state index contributed by atoms with van der Waals surface area (Å²) in [7, 11) is 1.12. The molecule has 5 aromatic heterocycles. The number of benzene rings is 4. The standard InChI is InChI=1S/C23H19FN6O.C15H12ClN5.C8H9BFNO3.C7H8ClN3.ClH/c1-25-22(31)17-7-6-14(10-18(17)24)20-21(27-9-8-26-20)16-12-30(13-16)23-28-11-15-4-2-3-5-19(15)29-23;16-14-13(17-5-6-18-14)11-8-21(9-11)15-19-7-10-3-1-2-4-12(10)20-15;1-11-8(12)6-3-2-5(9(13)14)4-7(6)10;8-7-6(5-3-9-4-5)10-1-2-11-7;/h2-11,16H,12-13H2,1H3,(H,25,31);1-7,11H,8-9H2;2-4,13-14H,1H3,(H,11,12);1-2,5,9H,3-4H2;1H. The second-order valence-corrected chi connectivity index (χ2v) is 18.5. The van der Waals surface area contributed by atoms with Crippen LogP contribution in [0.15, 0.2) is 135 Å². The Labute approximate surface area is 462 Å². The zero-order valence-corrected chi connectivity index (χ0v) is 44.1. The molecule has 3 saturated heterocycles. The van der Waals surface area contributed by atoms with Crippen LogP contribution in [0.4, 0.5) is 20.7 Å². The van der Waals surface area contributed by atoms with E-state index in [1.165, 1.54) is 38.4 Å². The predicted molar refractivity (Wildman–Crippen MR) is 296 cm³/mol. The summed E-state index contributed by atoms with van der Waals surface area (Å²) in [6, 6.07) is 23.7. The van der Waals surface area contributed by atoms with Crippen molar-refractivity contribution in [2.24, 2.45) is 0 Å². The van der Waals surface area contributed by atoms with Gasteiger partial charge in [-0.25, -0.2) is 38.7 Å². The molecule has 12 rings (SSSR count). The molecule has 0 bridgehead atoms. The third kappa shape index (κ3) is 13.0. The maximum Gasteiger partial charge on any atom is 0.488 e. The van der Waals surface area contributed by atoms with Crippen LogP contribution in [-0.2, 0) is 0 Å². The molecule has 3 aliphatic heterocycles. The van der Waals surface area contributed by atoms with Crippen LogP contribution in [0, 0.1) is 11.6 Å². The summed E-state index contributed by atoms with van der Waals surface area (Å²) in [6.07, 6.45) is 13.5. The minimum atomic E-state index is -1.73. The summed E-state index contributed by atoms with van der Waals surface area (Å²) in [5.74, 6) is -0.0673. The average Bonchev–Trinajstić information content (AvgIpc) is 3.46. The molecule has 19 nitrogen and oxygen atoms in total. The fourth-order valence-corrected chi connectivity index (χ4v) is 8.93. The van der Waals surface area contributed by atoms with Gasteiger partial charge in [0.05, 0.1) is 44.9 Å². The van der Waals surface area contributed by atoms with E-state index in [1.54, 1.807) is 43.2 Å². The lowest BCUT2D eigenvalue weighted by Crippen LogP contribution is -2.46. The molecule has 0 radical (unpaired) electrons. The summed E-state index contributed by atoms with van der Waals surface area (Å²) >= 11 is 11.9. The molecule has 4 aromatic carbocycles. The largest absolute Gasteiger partial charge is 0.488 e. The second kappa shape index (κ2) is 25.9.